The fourth-order valence-electron chi connectivity index (χ4n) is 2.64. The van der Waals surface area contributed by atoms with Crippen LogP contribution in [0.2, 0.25) is 0 Å². The van der Waals surface area contributed by atoms with Crippen LogP contribution in [0.4, 0.5) is 0 Å². The molecule has 1 aliphatic rings. The quantitative estimate of drug-likeness (QED) is 0.641. The van der Waals surface area contributed by atoms with Crippen molar-refractivity contribution in [2.75, 3.05) is 12.9 Å². The van der Waals surface area contributed by atoms with Crippen molar-refractivity contribution in [3.8, 4) is 17.1 Å². The first-order valence-electron chi connectivity index (χ1n) is 7.62. The van der Waals surface area contributed by atoms with Crippen molar-refractivity contribution in [2.24, 2.45) is 5.10 Å². The van der Waals surface area contributed by atoms with E-state index in [9.17, 15) is 0 Å². The molecule has 0 fully saturated rings. The van der Waals surface area contributed by atoms with Crippen LogP contribution in [0.25, 0.3) is 11.4 Å². The molecular weight excluding hydrogens is 400 g/mol. The molecule has 2 heterocycles. The number of aryl methyl sites for hydroxylation is 1. The van der Waals surface area contributed by atoms with Gasteiger partial charge in [0, 0.05) is 16.9 Å². The fourth-order valence-corrected chi connectivity index (χ4v) is 3.47. The first-order valence-corrected chi connectivity index (χ1v) is 8.61. The SMILES string of the molecule is Br.COc1cccc(C2=Nn3c(nnc3-c3cccc(C)c3)SC2)c1. The summed E-state index contributed by atoms with van der Waals surface area (Å²) in [5.41, 5.74) is 4.24. The minimum Gasteiger partial charge on any atom is -0.497 e. The molecule has 0 spiro atoms. The first-order chi connectivity index (χ1) is 11.7. The van der Waals surface area contributed by atoms with Gasteiger partial charge in [0.2, 0.25) is 5.16 Å². The number of benzene rings is 2. The van der Waals surface area contributed by atoms with Crippen LogP contribution in [0.15, 0.2) is 58.8 Å². The van der Waals surface area contributed by atoms with E-state index >= 15 is 0 Å². The summed E-state index contributed by atoms with van der Waals surface area (Å²) in [6, 6.07) is 16.2. The highest BCUT2D eigenvalue weighted by molar-refractivity contribution is 8.93. The fraction of sp³-hybridized carbons (Fsp3) is 0.167. The number of rotatable bonds is 3. The second-order valence-electron chi connectivity index (χ2n) is 5.55. The van der Waals surface area contributed by atoms with Crippen LogP contribution in [0.1, 0.15) is 11.1 Å². The third-order valence-electron chi connectivity index (χ3n) is 3.85. The van der Waals surface area contributed by atoms with E-state index in [4.69, 9.17) is 9.84 Å². The number of hydrogen-bond acceptors (Lipinski definition) is 5. The summed E-state index contributed by atoms with van der Waals surface area (Å²) in [6.07, 6.45) is 0. The Morgan fingerprint density at radius 3 is 2.64 bits per heavy atom. The number of aromatic nitrogens is 3. The Morgan fingerprint density at radius 1 is 1.04 bits per heavy atom. The van der Waals surface area contributed by atoms with Crippen LogP contribution in [-0.4, -0.2) is 33.4 Å². The minimum atomic E-state index is 0. The highest BCUT2D eigenvalue weighted by Gasteiger charge is 2.20. The van der Waals surface area contributed by atoms with E-state index in [2.05, 4.69) is 29.3 Å². The average Bonchev–Trinajstić information content (AvgIpc) is 3.05. The van der Waals surface area contributed by atoms with Gasteiger partial charge in [0.15, 0.2) is 5.82 Å². The molecule has 0 unspecified atom stereocenters. The molecule has 5 nitrogen and oxygen atoms in total. The second kappa shape index (κ2) is 7.41. The maximum absolute atomic E-state index is 5.31. The van der Waals surface area contributed by atoms with Crippen LogP contribution in [0.5, 0.6) is 5.75 Å². The molecule has 1 aliphatic heterocycles. The van der Waals surface area contributed by atoms with Gasteiger partial charge in [-0.25, -0.2) is 0 Å². The van der Waals surface area contributed by atoms with Gasteiger partial charge in [-0.15, -0.1) is 27.2 Å². The molecule has 0 saturated carbocycles. The molecular formula is C18H17BrN4OS. The minimum absolute atomic E-state index is 0. The van der Waals surface area contributed by atoms with E-state index in [1.54, 1.807) is 18.9 Å². The lowest BCUT2D eigenvalue weighted by Gasteiger charge is -2.14. The van der Waals surface area contributed by atoms with E-state index in [-0.39, 0.29) is 17.0 Å². The molecule has 0 N–H and O–H groups in total. The van der Waals surface area contributed by atoms with Crippen molar-refractivity contribution in [2.45, 2.75) is 12.1 Å². The predicted molar refractivity (Wildman–Crippen MR) is 106 cm³/mol. The zero-order chi connectivity index (χ0) is 16.5. The summed E-state index contributed by atoms with van der Waals surface area (Å²) in [6.45, 7) is 2.07. The molecule has 4 rings (SSSR count). The van der Waals surface area contributed by atoms with Crippen molar-refractivity contribution in [3.63, 3.8) is 0 Å². The maximum Gasteiger partial charge on any atom is 0.212 e. The standard InChI is InChI=1S/C18H16N4OS.BrH/c1-12-5-3-7-14(9-12)17-19-20-18-22(17)21-16(11-24-18)13-6-4-8-15(10-13)23-2;/h3-10H,11H2,1-2H3;1H. The number of hydrogen-bond donors (Lipinski definition) is 0. The highest BCUT2D eigenvalue weighted by Crippen LogP contribution is 2.29. The van der Waals surface area contributed by atoms with Gasteiger partial charge in [0.05, 0.1) is 12.8 Å². The summed E-state index contributed by atoms with van der Waals surface area (Å²) in [5.74, 6) is 2.36. The smallest absolute Gasteiger partial charge is 0.212 e. The molecule has 7 heteroatoms. The second-order valence-corrected chi connectivity index (χ2v) is 6.50. The van der Waals surface area contributed by atoms with Gasteiger partial charge in [-0.2, -0.15) is 9.78 Å². The van der Waals surface area contributed by atoms with Gasteiger partial charge >= 0.3 is 0 Å². The van der Waals surface area contributed by atoms with Crippen molar-refractivity contribution in [3.05, 3.63) is 59.7 Å². The predicted octanol–water partition coefficient (Wildman–Crippen LogP) is 4.20. The molecule has 0 amide bonds. The van der Waals surface area contributed by atoms with Crippen molar-refractivity contribution in [1.82, 2.24) is 14.9 Å². The van der Waals surface area contributed by atoms with Crippen molar-refractivity contribution in [1.29, 1.82) is 0 Å². The summed E-state index contributed by atoms with van der Waals surface area (Å²) in [5, 5.41) is 14.2. The summed E-state index contributed by atoms with van der Waals surface area (Å²) >= 11 is 1.64. The molecule has 0 bridgehead atoms. The molecule has 25 heavy (non-hydrogen) atoms. The molecule has 0 aliphatic carbocycles. The van der Waals surface area contributed by atoms with E-state index in [0.29, 0.717) is 0 Å². The number of fused-ring (bicyclic) bond motifs is 1. The molecule has 128 valence electrons. The Balaban J connectivity index is 0.00000182. The number of ether oxygens (including phenoxy) is 1. The van der Waals surface area contributed by atoms with Crippen LogP contribution >= 0.6 is 28.7 Å². The van der Waals surface area contributed by atoms with Crippen LogP contribution < -0.4 is 4.74 Å². The first kappa shape index (κ1) is 17.7. The van der Waals surface area contributed by atoms with Crippen molar-refractivity contribution >= 4 is 34.5 Å². The van der Waals surface area contributed by atoms with E-state index < -0.39 is 0 Å². The zero-order valence-corrected chi connectivity index (χ0v) is 16.4. The summed E-state index contributed by atoms with van der Waals surface area (Å²) in [4.78, 5) is 0. The van der Waals surface area contributed by atoms with Gasteiger partial charge in [0.1, 0.15) is 5.75 Å². The van der Waals surface area contributed by atoms with Gasteiger partial charge in [-0.1, -0.05) is 47.7 Å². The van der Waals surface area contributed by atoms with Gasteiger partial charge in [-0.05, 0) is 25.1 Å². The highest BCUT2D eigenvalue weighted by atomic mass is 79.9. The lowest BCUT2D eigenvalue weighted by atomic mass is 10.1. The van der Waals surface area contributed by atoms with Crippen LogP contribution in [0, 0.1) is 6.92 Å². The monoisotopic (exact) mass is 416 g/mol. The van der Waals surface area contributed by atoms with E-state index in [0.717, 1.165) is 39.3 Å². The lowest BCUT2D eigenvalue weighted by Crippen LogP contribution is -2.13. The average molecular weight is 417 g/mol. The molecule has 2 aromatic carbocycles. The Morgan fingerprint density at radius 2 is 1.84 bits per heavy atom. The van der Waals surface area contributed by atoms with E-state index in [1.165, 1.54) is 5.56 Å². The number of halogens is 1. The van der Waals surface area contributed by atoms with E-state index in [1.807, 2.05) is 41.1 Å². The third kappa shape index (κ3) is 3.48. The van der Waals surface area contributed by atoms with Crippen molar-refractivity contribution < 1.29 is 4.74 Å². The Bertz CT molecular complexity index is 938. The zero-order valence-electron chi connectivity index (χ0n) is 13.8. The van der Waals surface area contributed by atoms with Gasteiger partial charge in [-0.3, -0.25) is 0 Å². The van der Waals surface area contributed by atoms with Crippen LogP contribution in [0.3, 0.4) is 0 Å². The molecule has 0 radical (unpaired) electrons. The molecule has 0 atom stereocenters. The maximum atomic E-state index is 5.31. The molecule has 1 aromatic heterocycles. The number of methoxy groups -OCH3 is 1. The number of thioether (sulfide) groups is 1. The van der Waals surface area contributed by atoms with Crippen LogP contribution in [-0.2, 0) is 0 Å². The molecule has 0 saturated heterocycles. The Labute approximate surface area is 160 Å². The van der Waals surface area contributed by atoms with Gasteiger partial charge < -0.3 is 4.74 Å². The largest absolute Gasteiger partial charge is 0.497 e. The number of nitrogens with zero attached hydrogens (tertiary/aromatic N) is 4. The summed E-state index contributed by atoms with van der Waals surface area (Å²) in [7, 11) is 1.67. The third-order valence-corrected chi connectivity index (χ3v) is 4.78. The summed E-state index contributed by atoms with van der Waals surface area (Å²) < 4.78 is 7.14. The Hall–Kier alpha value is -2.12. The lowest BCUT2D eigenvalue weighted by molar-refractivity contribution is 0.414. The normalized spacial score (nSPS) is 12.8. The van der Waals surface area contributed by atoms with Gasteiger partial charge in [0.25, 0.3) is 0 Å². The molecule has 3 aromatic rings. The topological polar surface area (TPSA) is 52.3 Å². The Kier molecular flexibility index (Phi) is 5.24.